The van der Waals surface area contributed by atoms with Crippen molar-refractivity contribution in [2.24, 2.45) is 5.73 Å². The maximum Gasteiger partial charge on any atom is 0.0378 e. The van der Waals surface area contributed by atoms with E-state index in [1.54, 1.807) is 0 Å². The molecule has 1 aromatic rings. The molecule has 2 aliphatic rings. The molecule has 3 rings (SSSR count). The average Bonchev–Trinajstić information content (AvgIpc) is 3.09. The average molecular weight is 338 g/mol. The third-order valence-electron chi connectivity index (χ3n) is 4.66. The molecule has 2 aliphatic heterocycles. The normalized spacial score (nSPS) is 25.4. The minimum Gasteiger partial charge on any atom is -0.370 e. The third-order valence-corrected chi connectivity index (χ3v) is 5.35. The maximum absolute atomic E-state index is 5.97. The van der Waals surface area contributed by atoms with E-state index in [4.69, 9.17) is 5.73 Å². The molecule has 110 valence electrons. The van der Waals surface area contributed by atoms with E-state index in [1.165, 1.54) is 56.7 Å². The number of rotatable bonds is 3. The summed E-state index contributed by atoms with van der Waals surface area (Å²) in [7, 11) is 0. The van der Waals surface area contributed by atoms with Gasteiger partial charge in [0.25, 0.3) is 0 Å². The lowest BCUT2D eigenvalue weighted by Crippen LogP contribution is -2.35. The molecule has 2 fully saturated rings. The van der Waals surface area contributed by atoms with E-state index in [0.29, 0.717) is 0 Å². The molecule has 0 bridgehead atoms. The van der Waals surface area contributed by atoms with Gasteiger partial charge in [-0.2, -0.15) is 0 Å². The summed E-state index contributed by atoms with van der Waals surface area (Å²) in [5, 5.41) is 0. The molecular weight excluding hydrogens is 314 g/mol. The Bertz CT molecular complexity index is 469. The van der Waals surface area contributed by atoms with Crippen molar-refractivity contribution in [3.8, 4) is 0 Å². The van der Waals surface area contributed by atoms with Crippen LogP contribution < -0.4 is 10.6 Å². The van der Waals surface area contributed by atoms with Crippen molar-refractivity contribution in [1.29, 1.82) is 0 Å². The van der Waals surface area contributed by atoms with Crippen LogP contribution in [-0.2, 0) is 0 Å². The molecule has 3 nitrogen and oxygen atoms in total. The molecular formula is C16H24BrN3. The lowest BCUT2D eigenvalue weighted by Gasteiger charge is -2.25. The number of hydrogen-bond donors (Lipinski definition) is 1. The lowest BCUT2D eigenvalue weighted by molar-refractivity contribution is 0.260. The van der Waals surface area contributed by atoms with E-state index in [1.807, 2.05) is 6.92 Å². The second-order valence-corrected chi connectivity index (χ2v) is 6.98. The fourth-order valence-electron chi connectivity index (χ4n) is 3.46. The highest BCUT2D eigenvalue weighted by Gasteiger charge is 2.29. The van der Waals surface area contributed by atoms with Crippen molar-refractivity contribution in [1.82, 2.24) is 4.90 Å². The van der Waals surface area contributed by atoms with Gasteiger partial charge in [-0.1, -0.05) is 22.0 Å². The molecule has 1 unspecified atom stereocenters. The second kappa shape index (κ2) is 6.04. The topological polar surface area (TPSA) is 32.5 Å². The van der Waals surface area contributed by atoms with Crippen LogP contribution in [0.4, 0.5) is 5.69 Å². The summed E-state index contributed by atoms with van der Waals surface area (Å²) in [5.41, 5.74) is 8.48. The van der Waals surface area contributed by atoms with E-state index < -0.39 is 0 Å². The van der Waals surface area contributed by atoms with Gasteiger partial charge < -0.3 is 10.6 Å². The smallest absolute Gasteiger partial charge is 0.0378 e. The van der Waals surface area contributed by atoms with Crippen LogP contribution in [0.3, 0.4) is 0 Å². The molecule has 0 aliphatic carbocycles. The van der Waals surface area contributed by atoms with Gasteiger partial charge in [-0.25, -0.2) is 0 Å². The second-order valence-electron chi connectivity index (χ2n) is 6.13. The molecule has 0 aromatic heterocycles. The van der Waals surface area contributed by atoms with E-state index in [0.717, 1.165) is 10.5 Å². The van der Waals surface area contributed by atoms with Gasteiger partial charge in [0.2, 0.25) is 0 Å². The predicted octanol–water partition coefficient (Wildman–Crippen LogP) is 3.14. The van der Waals surface area contributed by atoms with Crippen molar-refractivity contribution < 1.29 is 0 Å². The Labute approximate surface area is 130 Å². The zero-order chi connectivity index (χ0) is 14.1. The standard InChI is InChI=1S/C16H24BrN3/c1-12(18)15-5-4-13(10-16(15)17)20-9-6-14(11-20)19-7-2-3-8-19/h4-5,10,12,14H,2-3,6-9,11,18H2,1H3/t12-,14?/m1/s1. The van der Waals surface area contributed by atoms with E-state index in [2.05, 4.69) is 43.9 Å². The molecule has 20 heavy (non-hydrogen) atoms. The summed E-state index contributed by atoms with van der Waals surface area (Å²) in [6.07, 6.45) is 4.06. The van der Waals surface area contributed by atoms with Crippen molar-refractivity contribution in [2.75, 3.05) is 31.1 Å². The van der Waals surface area contributed by atoms with E-state index >= 15 is 0 Å². The first-order valence-corrected chi connectivity index (χ1v) is 8.48. The van der Waals surface area contributed by atoms with Crippen molar-refractivity contribution in [2.45, 2.75) is 38.3 Å². The maximum atomic E-state index is 5.97. The summed E-state index contributed by atoms with van der Waals surface area (Å²) < 4.78 is 1.13. The highest BCUT2D eigenvalue weighted by Crippen LogP contribution is 2.30. The van der Waals surface area contributed by atoms with Crippen LogP contribution in [-0.4, -0.2) is 37.1 Å². The molecule has 2 N–H and O–H groups in total. The van der Waals surface area contributed by atoms with Crippen LogP contribution in [0.15, 0.2) is 22.7 Å². The van der Waals surface area contributed by atoms with Crippen LogP contribution in [0.25, 0.3) is 0 Å². The number of hydrogen-bond acceptors (Lipinski definition) is 3. The van der Waals surface area contributed by atoms with Crippen molar-refractivity contribution in [3.63, 3.8) is 0 Å². The third kappa shape index (κ3) is 2.87. The Morgan fingerprint density at radius 1 is 1.25 bits per heavy atom. The van der Waals surface area contributed by atoms with Crippen LogP contribution in [0.5, 0.6) is 0 Å². The number of nitrogens with zero attached hydrogens (tertiary/aromatic N) is 2. The molecule has 0 spiro atoms. The lowest BCUT2D eigenvalue weighted by atomic mass is 10.1. The summed E-state index contributed by atoms with van der Waals surface area (Å²) in [4.78, 5) is 5.18. The first-order chi connectivity index (χ1) is 9.65. The van der Waals surface area contributed by atoms with E-state index in [-0.39, 0.29) is 6.04 Å². The molecule has 2 saturated heterocycles. The molecule has 2 heterocycles. The predicted molar refractivity (Wildman–Crippen MR) is 88.2 cm³/mol. The summed E-state index contributed by atoms with van der Waals surface area (Å²) in [5.74, 6) is 0. The zero-order valence-corrected chi connectivity index (χ0v) is 13.8. The Morgan fingerprint density at radius 2 is 2.00 bits per heavy atom. The number of benzene rings is 1. The largest absolute Gasteiger partial charge is 0.370 e. The first kappa shape index (κ1) is 14.4. The van der Waals surface area contributed by atoms with Crippen LogP contribution in [0.2, 0.25) is 0 Å². The minimum atomic E-state index is 0.0781. The van der Waals surface area contributed by atoms with Gasteiger partial charge in [0.15, 0.2) is 0 Å². The molecule has 1 aromatic carbocycles. The Morgan fingerprint density at radius 3 is 2.65 bits per heavy atom. The molecule has 4 heteroatoms. The molecule has 0 saturated carbocycles. The van der Waals surface area contributed by atoms with E-state index in [9.17, 15) is 0 Å². The SMILES string of the molecule is C[C@@H](N)c1ccc(N2CCC(N3CCCC3)C2)cc1Br. The van der Waals surface area contributed by atoms with Crippen LogP contribution in [0.1, 0.15) is 37.8 Å². The van der Waals surface area contributed by atoms with Gasteiger partial charge in [-0.3, -0.25) is 4.90 Å². The Kier molecular flexibility index (Phi) is 4.34. The fraction of sp³-hybridized carbons (Fsp3) is 0.625. The van der Waals surface area contributed by atoms with Crippen molar-refractivity contribution >= 4 is 21.6 Å². The zero-order valence-electron chi connectivity index (χ0n) is 12.2. The van der Waals surface area contributed by atoms with Gasteiger partial charge >= 0.3 is 0 Å². The number of nitrogens with two attached hydrogens (primary N) is 1. The van der Waals surface area contributed by atoms with Gasteiger partial charge in [-0.05, 0) is 57.0 Å². The van der Waals surface area contributed by atoms with Gasteiger partial charge in [0, 0.05) is 35.3 Å². The summed E-state index contributed by atoms with van der Waals surface area (Å²) in [6, 6.07) is 7.44. The highest BCUT2D eigenvalue weighted by molar-refractivity contribution is 9.10. The van der Waals surface area contributed by atoms with Gasteiger partial charge in [0.1, 0.15) is 0 Å². The molecule has 0 radical (unpaired) electrons. The minimum absolute atomic E-state index is 0.0781. The number of anilines is 1. The van der Waals surface area contributed by atoms with Crippen LogP contribution >= 0.6 is 15.9 Å². The Balaban J connectivity index is 1.69. The Hall–Kier alpha value is -0.580. The summed E-state index contributed by atoms with van der Waals surface area (Å²) >= 11 is 3.66. The first-order valence-electron chi connectivity index (χ1n) is 7.69. The number of halogens is 1. The molecule has 2 atom stereocenters. The fourth-order valence-corrected chi connectivity index (χ4v) is 4.19. The number of likely N-dealkylation sites (tertiary alicyclic amines) is 1. The van der Waals surface area contributed by atoms with Crippen molar-refractivity contribution in [3.05, 3.63) is 28.2 Å². The molecule has 0 amide bonds. The van der Waals surface area contributed by atoms with Gasteiger partial charge in [-0.15, -0.1) is 0 Å². The quantitative estimate of drug-likeness (QED) is 0.919. The van der Waals surface area contributed by atoms with Gasteiger partial charge in [0.05, 0.1) is 0 Å². The monoisotopic (exact) mass is 337 g/mol. The summed E-state index contributed by atoms with van der Waals surface area (Å²) in [6.45, 7) is 6.96. The van der Waals surface area contributed by atoms with Crippen LogP contribution in [0, 0.1) is 0 Å². The highest BCUT2D eigenvalue weighted by atomic mass is 79.9.